The van der Waals surface area contributed by atoms with Crippen molar-refractivity contribution in [2.45, 2.75) is 13.3 Å². The summed E-state index contributed by atoms with van der Waals surface area (Å²) in [5, 5.41) is 0.696. The zero-order chi connectivity index (χ0) is 14.0. The molecule has 0 radical (unpaired) electrons. The second-order valence-corrected chi connectivity index (χ2v) is 5.16. The fourth-order valence-electron chi connectivity index (χ4n) is 1.78. The van der Waals surface area contributed by atoms with Gasteiger partial charge in [0.1, 0.15) is 5.82 Å². The molecule has 0 aromatic heterocycles. The average molecular weight is 297 g/mol. The molecule has 4 heteroatoms. The molecule has 0 aliphatic heterocycles. The minimum Gasteiger partial charge on any atom is -0.294 e. The van der Waals surface area contributed by atoms with Gasteiger partial charge in [0.05, 0.1) is 5.02 Å². The van der Waals surface area contributed by atoms with Gasteiger partial charge in [0.2, 0.25) is 0 Å². The normalized spacial score (nSPS) is 10.5. The minimum atomic E-state index is -0.482. The first-order valence-electron chi connectivity index (χ1n) is 5.70. The number of carbonyl (C=O) groups is 1. The van der Waals surface area contributed by atoms with Crippen molar-refractivity contribution in [3.8, 4) is 0 Å². The lowest BCUT2D eigenvalue weighted by molar-refractivity contribution is 0.0992. The third-order valence-corrected chi connectivity index (χ3v) is 3.34. The fourth-order valence-corrected chi connectivity index (χ4v) is 2.28. The van der Waals surface area contributed by atoms with Crippen LogP contribution in [-0.4, -0.2) is 5.78 Å². The monoisotopic (exact) mass is 296 g/mol. The van der Waals surface area contributed by atoms with Crippen LogP contribution in [0.5, 0.6) is 0 Å². The van der Waals surface area contributed by atoms with E-state index in [1.165, 1.54) is 12.1 Å². The van der Waals surface area contributed by atoms with E-state index in [2.05, 4.69) is 0 Å². The van der Waals surface area contributed by atoms with Gasteiger partial charge in [-0.2, -0.15) is 0 Å². The van der Waals surface area contributed by atoms with Gasteiger partial charge in [-0.05, 0) is 42.3 Å². The van der Waals surface area contributed by atoms with E-state index in [1.54, 1.807) is 24.3 Å². The number of aryl methyl sites for hydroxylation is 1. The molecule has 19 heavy (non-hydrogen) atoms. The lowest BCUT2D eigenvalue weighted by Crippen LogP contribution is -2.06. The summed E-state index contributed by atoms with van der Waals surface area (Å²) in [6, 6.07) is 9.45. The number of halogens is 3. The van der Waals surface area contributed by atoms with Crippen LogP contribution in [0.15, 0.2) is 36.4 Å². The predicted octanol–water partition coefficient (Wildman–Crippen LogP) is 4.87. The summed E-state index contributed by atoms with van der Waals surface area (Å²) in [6.07, 6.45) is -0.0359. The van der Waals surface area contributed by atoms with Crippen molar-refractivity contribution in [3.05, 3.63) is 69.0 Å². The highest BCUT2D eigenvalue weighted by Crippen LogP contribution is 2.21. The number of benzene rings is 2. The Morgan fingerprint density at radius 3 is 2.53 bits per heavy atom. The van der Waals surface area contributed by atoms with Gasteiger partial charge in [0.15, 0.2) is 5.78 Å². The van der Waals surface area contributed by atoms with Crippen molar-refractivity contribution in [2.24, 2.45) is 0 Å². The van der Waals surface area contributed by atoms with Crippen LogP contribution in [0.4, 0.5) is 4.39 Å². The topological polar surface area (TPSA) is 17.1 Å². The highest BCUT2D eigenvalue weighted by molar-refractivity contribution is 6.34. The first-order valence-corrected chi connectivity index (χ1v) is 6.46. The van der Waals surface area contributed by atoms with Crippen molar-refractivity contribution in [3.63, 3.8) is 0 Å². The van der Waals surface area contributed by atoms with Gasteiger partial charge >= 0.3 is 0 Å². The van der Waals surface area contributed by atoms with E-state index in [9.17, 15) is 9.18 Å². The summed E-state index contributed by atoms with van der Waals surface area (Å²) >= 11 is 11.7. The molecular formula is C15H11Cl2FO. The Kier molecular flexibility index (Phi) is 4.23. The van der Waals surface area contributed by atoms with Crippen LogP contribution >= 0.6 is 23.2 Å². The molecule has 98 valence electrons. The van der Waals surface area contributed by atoms with Crippen molar-refractivity contribution >= 4 is 29.0 Å². The summed E-state index contributed by atoms with van der Waals surface area (Å²) in [7, 11) is 0. The summed E-state index contributed by atoms with van der Waals surface area (Å²) in [5.41, 5.74) is 1.69. The summed E-state index contributed by atoms with van der Waals surface area (Å²) in [4.78, 5) is 12.1. The molecule has 0 saturated heterocycles. The summed E-state index contributed by atoms with van der Waals surface area (Å²) < 4.78 is 13.6. The Morgan fingerprint density at radius 1 is 1.16 bits per heavy atom. The maximum Gasteiger partial charge on any atom is 0.168 e. The number of carbonyl (C=O) groups excluding carboxylic acids is 1. The minimum absolute atomic E-state index is 0.0359. The fraction of sp³-hybridized carbons (Fsp3) is 0.133. The van der Waals surface area contributed by atoms with Gasteiger partial charge in [-0.1, -0.05) is 35.3 Å². The molecule has 0 amide bonds. The Balaban J connectivity index is 2.25. The van der Waals surface area contributed by atoms with E-state index in [0.717, 1.165) is 5.56 Å². The largest absolute Gasteiger partial charge is 0.294 e. The Bertz CT molecular complexity index is 638. The zero-order valence-corrected chi connectivity index (χ0v) is 11.7. The standard InChI is InChI=1S/C15H11Cl2FO/c1-9-2-5-12(13(17)6-9)15(19)7-10-3-4-11(16)8-14(10)18/h2-6,8H,7H2,1H3. The number of ketones is 1. The predicted molar refractivity (Wildman–Crippen MR) is 75.6 cm³/mol. The molecule has 1 nitrogen and oxygen atoms in total. The quantitative estimate of drug-likeness (QED) is 0.739. The molecule has 0 aliphatic carbocycles. The maximum atomic E-state index is 13.6. The third-order valence-electron chi connectivity index (χ3n) is 2.79. The second kappa shape index (κ2) is 5.72. The van der Waals surface area contributed by atoms with Crippen LogP contribution in [0.3, 0.4) is 0 Å². The van der Waals surface area contributed by atoms with Crippen LogP contribution in [0.1, 0.15) is 21.5 Å². The second-order valence-electron chi connectivity index (χ2n) is 4.32. The SMILES string of the molecule is Cc1ccc(C(=O)Cc2ccc(Cl)cc2F)c(Cl)c1. The molecule has 2 aromatic rings. The van der Waals surface area contributed by atoms with E-state index in [-0.39, 0.29) is 12.2 Å². The van der Waals surface area contributed by atoms with Gasteiger partial charge in [-0.25, -0.2) is 4.39 Å². The van der Waals surface area contributed by atoms with Crippen LogP contribution in [0.2, 0.25) is 10.0 Å². The summed E-state index contributed by atoms with van der Waals surface area (Å²) in [6.45, 7) is 1.89. The Labute approximate surface area is 121 Å². The first-order chi connectivity index (χ1) is 8.97. The molecule has 0 unspecified atom stereocenters. The summed E-state index contributed by atoms with van der Waals surface area (Å²) in [5.74, 6) is -0.699. The molecule has 0 aliphatic rings. The number of Topliss-reactive ketones (excluding diaryl/α,β-unsaturated/α-hetero) is 1. The molecule has 0 saturated carbocycles. The van der Waals surface area contributed by atoms with Crippen LogP contribution in [-0.2, 0) is 6.42 Å². The highest BCUT2D eigenvalue weighted by atomic mass is 35.5. The molecule has 2 aromatic carbocycles. The maximum absolute atomic E-state index is 13.6. The van der Waals surface area contributed by atoms with Gasteiger partial charge in [0.25, 0.3) is 0 Å². The van der Waals surface area contributed by atoms with Crippen molar-refractivity contribution in [2.75, 3.05) is 0 Å². The lowest BCUT2D eigenvalue weighted by Gasteiger charge is -2.06. The Hall–Kier alpha value is -1.38. The molecule has 0 spiro atoms. The van der Waals surface area contributed by atoms with E-state index in [0.29, 0.717) is 21.2 Å². The first kappa shape index (κ1) is 14.0. The highest BCUT2D eigenvalue weighted by Gasteiger charge is 2.13. The molecule has 0 fully saturated rings. The number of hydrogen-bond donors (Lipinski definition) is 0. The number of hydrogen-bond acceptors (Lipinski definition) is 1. The van der Waals surface area contributed by atoms with Crippen molar-refractivity contribution in [1.82, 2.24) is 0 Å². The molecule has 0 heterocycles. The van der Waals surface area contributed by atoms with Gasteiger partial charge in [-0.3, -0.25) is 4.79 Å². The lowest BCUT2D eigenvalue weighted by atomic mass is 10.0. The Morgan fingerprint density at radius 2 is 1.89 bits per heavy atom. The van der Waals surface area contributed by atoms with Gasteiger partial charge < -0.3 is 0 Å². The van der Waals surface area contributed by atoms with Gasteiger partial charge in [0, 0.05) is 17.0 Å². The van der Waals surface area contributed by atoms with Crippen LogP contribution < -0.4 is 0 Å². The van der Waals surface area contributed by atoms with Crippen molar-refractivity contribution < 1.29 is 9.18 Å². The van der Waals surface area contributed by atoms with E-state index < -0.39 is 5.82 Å². The number of rotatable bonds is 3. The molecule has 0 N–H and O–H groups in total. The van der Waals surface area contributed by atoms with Crippen molar-refractivity contribution in [1.29, 1.82) is 0 Å². The smallest absolute Gasteiger partial charge is 0.168 e. The molecule has 2 rings (SSSR count). The van der Waals surface area contributed by atoms with E-state index >= 15 is 0 Å². The van der Waals surface area contributed by atoms with Gasteiger partial charge in [-0.15, -0.1) is 0 Å². The average Bonchev–Trinajstić information content (AvgIpc) is 2.32. The van der Waals surface area contributed by atoms with E-state index in [4.69, 9.17) is 23.2 Å². The molecule has 0 atom stereocenters. The molecular weight excluding hydrogens is 286 g/mol. The van der Waals surface area contributed by atoms with E-state index in [1.807, 2.05) is 6.92 Å². The van der Waals surface area contributed by atoms with Crippen LogP contribution in [0.25, 0.3) is 0 Å². The molecule has 0 bridgehead atoms. The third kappa shape index (κ3) is 3.34. The zero-order valence-electron chi connectivity index (χ0n) is 10.2. The van der Waals surface area contributed by atoms with Crippen LogP contribution in [0, 0.1) is 12.7 Å².